The first-order valence-corrected chi connectivity index (χ1v) is 5.69. The smallest absolute Gasteiger partial charge is 0.320 e. The molecule has 3 N–H and O–H groups in total. The Morgan fingerprint density at radius 2 is 1.88 bits per heavy atom. The van der Waals surface area contributed by atoms with Crippen LogP contribution in [0.5, 0.6) is 0 Å². The van der Waals surface area contributed by atoms with Crippen LogP contribution in [0, 0.1) is 0 Å². The summed E-state index contributed by atoms with van der Waals surface area (Å²) in [6.07, 6.45) is 2.32. The Morgan fingerprint density at radius 1 is 1.35 bits per heavy atom. The van der Waals surface area contributed by atoms with Crippen LogP contribution in [-0.2, 0) is 17.6 Å². The quantitative estimate of drug-likeness (QED) is 0.740. The van der Waals surface area contributed by atoms with E-state index < -0.39 is 12.0 Å². The molecule has 0 aliphatic heterocycles. The molecule has 0 amide bonds. The summed E-state index contributed by atoms with van der Waals surface area (Å²) >= 11 is 0. The van der Waals surface area contributed by atoms with Crippen molar-refractivity contribution in [3.8, 4) is 0 Å². The van der Waals surface area contributed by atoms with Gasteiger partial charge in [0.2, 0.25) is 0 Å². The predicted octanol–water partition coefficient (Wildman–Crippen LogP) is 2.15. The van der Waals surface area contributed by atoms with E-state index in [4.69, 9.17) is 10.8 Å². The SMILES string of the molecule is C=C(C)CCc1ccc(CC(N)C(=O)O)cc1. The normalized spacial score (nSPS) is 12.1. The van der Waals surface area contributed by atoms with Gasteiger partial charge in [0, 0.05) is 0 Å². The molecule has 0 fully saturated rings. The van der Waals surface area contributed by atoms with Gasteiger partial charge in [0.25, 0.3) is 0 Å². The molecule has 0 radical (unpaired) electrons. The number of allylic oxidation sites excluding steroid dienone is 1. The van der Waals surface area contributed by atoms with Crippen molar-refractivity contribution in [3.05, 3.63) is 47.5 Å². The highest BCUT2D eigenvalue weighted by Crippen LogP contribution is 2.10. The first kappa shape index (κ1) is 13.5. The summed E-state index contributed by atoms with van der Waals surface area (Å²) in [5, 5.41) is 8.71. The monoisotopic (exact) mass is 233 g/mol. The van der Waals surface area contributed by atoms with Crippen molar-refractivity contribution in [3.63, 3.8) is 0 Å². The molecular formula is C14H19NO2. The van der Waals surface area contributed by atoms with E-state index in [-0.39, 0.29) is 0 Å². The molecule has 0 bridgehead atoms. The molecule has 1 unspecified atom stereocenters. The lowest BCUT2D eigenvalue weighted by Crippen LogP contribution is -2.32. The molecule has 92 valence electrons. The number of nitrogens with two attached hydrogens (primary N) is 1. The second-order valence-corrected chi connectivity index (χ2v) is 4.42. The van der Waals surface area contributed by atoms with Crippen LogP contribution in [-0.4, -0.2) is 17.1 Å². The molecule has 1 aromatic carbocycles. The van der Waals surface area contributed by atoms with Gasteiger partial charge in [-0.1, -0.05) is 29.8 Å². The summed E-state index contributed by atoms with van der Waals surface area (Å²) in [5.74, 6) is -0.962. The van der Waals surface area contributed by atoms with Crippen LogP contribution in [0.4, 0.5) is 0 Å². The molecule has 0 aliphatic rings. The Balaban J connectivity index is 2.55. The van der Waals surface area contributed by atoms with Crippen molar-refractivity contribution in [2.24, 2.45) is 5.73 Å². The lowest BCUT2D eigenvalue weighted by molar-refractivity contribution is -0.138. The van der Waals surface area contributed by atoms with E-state index in [2.05, 4.69) is 6.58 Å². The zero-order chi connectivity index (χ0) is 12.8. The molecule has 0 spiro atoms. The third-order valence-corrected chi connectivity index (χ3v) is 2.64. The molecule has 0 aromatic heterocycles. The summed E-state index contributed by atoms with van der Waals surface area (Å²) in [5.41, 5.74) is 8.84. The lowest BCUT2D eigenvalue weighted by atomic mass is 10.0. The standard InChI is InChI=1S/C14H19NO2/c1-10(2)3-4-11-5-7-12(8-6-11)9-13(15)14(16)17/h5-8,13H,1,3-4,9,15H2,2H3,(H,16,17). The van der Waals surface area contributed by atoms with Gasteiger partial charge < -0.3 is 10.8 Å². The number of carbonyl (C=O) groups is 1. The van der Waals surface area contributed by atoms with Gasteiger partial charge >= 0.3 is 5.97 Å². The van der Waals surface area contributed by atoms with E-state index in [0.717, 1.165) is 18.4 Å². The summed E-state index contributed by atoms with van der Waals surface area (Å²) in [7, 11) is 0. The van der Waals surface area contributed by atoms with Crippen LogP contribution in [0.15, 0.2) is 36.4 Å². The molecule has 0 heterocycles. The van der Waals surface area contributed by atoms with Crippen LogP contribution in [0.1, 0.15) is 24.5 Å². The van der Waals surface area contributed by atoms with Crippen molar-refractivity contribution in [2.45, 2.75) is 32.2 Å². The molecule has 3 heteroatoms. The number of rotatable bonds is 6. The van der Waals surface area contributed by atoms with Crippen molar-refractivity contribution >= 4 is 5.97 Å². The van der Waals surface area contributed by atoms with Crippen LogP contribution in [0.2, 0.25) is 0 Å². The van der Waals surface area contributed by atoms with Crippen molar-refractivity contribution in [1.82, 2.24) is 0 Å². The van der Waals surface area contributed by atoms with Crippen LogP contribution in [0.25, 0.3) is 0 Å². The number of carboxylic acids is 1. The number of aryl methyl sites for hydroxylation is 1. The summed E-state index contributed by atoms with van der Waals surface area (Å²) in [6.45, 7) is 5.88. The second kappa shape index (κ2) is 6.21. The van der Waals surface area contributed by atoms with Crippen LogP contribution >= 0.6 is 0 Å². The number of carboxylic acid groups (broad SMARTS) is 1. The van der Waals surface area contributed by atoms with Crippen LogP contribution < -0.4 is 5.73 Å². The van der Waals surface area contributed by atoms with E-state index in [1.54, 1.807) is 0 Å². The van der Waals surface area contributed by atoms with Crippen molar-refractivity contribution < 1.29 is 9.90 Å². The van der Waals surface area contributed by atoms with Gasteiger partial charge in [-0.25, -0.2) is 0 Å². The Bertz CT molecular complexity index is 395. The minimum absolute atomic E-state index is 0.371. The summed E-state index contributed by atoms with van der Waals surface area (Å²) < 4.78 is 0. The summed E-state index contributed by atoms with van der Waals surface area (Å²) in [6, 6.07) is 7.10. The maximum Gasteiger partial charge on any atom is 0.320 e. The molecule has 0 saturated carbocycles. The van der Waals surface area contributed by atoms with E-state index in [0.29, 0.717) is 6.42 Å². The maximum absolute atomic E-state index is 10.6. The lowest BCUT2D eigenvalue weighted by Gasteiger charge is -2.07. The van der Waals surface area contributed by atoms with Gasteiger partial charge in [0.15, 0.2) is 0 Å². The van der Waals surface area contributed by atoms with Gasteiger partial charge in [0.05, 0.1) is 0 Å². The third kappa shape index (κ3) is 4.83. The van der Waals surface area contributed by atoms with Gasteiger partial charge in [-0.15, -0.1) is 6.58 Å². The van der Waals surface area contributed by atoms with Crippen molar-refractivity contribution in [1.29, 1.82) is 0 Å². The Kier molecular flexibility index (Phi) is 4.91. The van der Waals surface area contributed by atoms with Crippen LogP contribution in [0.3, 0.4) is 0 Å². The van der Waals surface area contributed by atoms with Gasteiger partial charge in [-0.05, 0) is 37.3 Å². The fourth-order valence-electron chi connectivity index (χ4n) is 1.54. The first-order chi connectivity index (χ1) is 7.99. The highest BCUT2D eigenvalue weighted by atomic mass is 16.4. The Labute approximate surface area is 102 Å². The molecule has 1 atom stereocenters. The molecule has 3 nitrogen and oxygen atoms in total. The minimum Gasteiger partial charge on any atom is -0.480 e. The van der Waals surface area contributed by atoms with E-state index in [9.17, 15) is 4.79 Å². The molecule has 0 saturated heterocycles. The average molecular weight is 233 g/mol. The Hall–Kier alpha value is -1.61. The minimum atomic E-state index is -0.962. The van der Waals surface area contributed by atoms with Gasteiger partial charge in [0.1, 0.15) is 6.04 Å². The molecule has 1 aromatic rings. The number of hydrogen-bond donors (Lipinski definition) is 2. The maximum atomic E-state index is 10.6. The van der Waals surface area contributed by atoms with E-state index in [1.165, 1.54) is 11.1 Å². The topological polar surface area (TPSA) is 63.3 Å². The zero-order valence-electron chi connectivity index (χ0n) is 10.1. The molecule has 17 heavy (non-hydrogen) atoms. The number of benzene rings is 1. The van der Waals surface area contributed by atoms with Gasteiger partial charge in [-0.2, -0.15) is 0 Å². The average Bonchev–Trinajstić information content (AvgIpc) is 2.28. The summed E-state index contributed by atoms with van der Waals surface area (Å²) in [4.78, 5) is 10.6. The fourth-order valence-corrected chi connectivity index (χ4v) is 1.54. The number of hydrogen-bond acceptors (Lipinski definition) is 2. The third-order valence-electron chi connectivity index (χ3n) is 2.64. The molecule has 1 rings (SSSR count). The Morgan fingerprint density at radius 3 is 2.35 bits per heavy atom. The fraction of sp³-hybridized carbons (Fsp3) is 0.357. The zero-order valence-corrected chi connectivity index (χ0v) is 10.1. The van der Waals surface area contributed by atoms with E-state index >= 15 is 0 Å². The molecular weight excluding hydrogens is 214 g/mol. The van der Waals surface area contributed by atoms with Crippen molar-refractivity contribution in [2.75, 3.05) is 0 Å². The number of aliphatic carboxylic acids is 1. The largest absolute Gasteiger partial charge is 0.480 e. The molecule has 0 aliphatic carbocycles. The van der Waals surface area contributed by atoms with E-state index in [1.807, 2.05) is 31.2 Å². The van der Waals surface area contributed by atoms with Gasteiger partial charge in [-0.3, -0.25) is 4.79 Å². The highest BCUT2D eigenvalue weighted by molar-refractivity contribution is 5.73. The first-order valence-electron chi connectivity index (χ1n) is 5.69. The predicted molar refractivity (Wildman–Crippen MR) is 68.9 cm³/mol. The second-order valence-electron chi connectivity index (χ2n) is 4.42. The highest BCUT2D eigenvalue weighted by Gasteiger charge is 2.11.